The Kier molecular flexibility index (Phi) is 5.76. The third-order valence-corrected chi connectivity index (χ3v) is 5.92. The third-order valence-electron chi connectivity index (χ3n) is 5.92. The monoisotopic (exact) mass is 440 g/mol. The van der Waals surface area contributed by atoms with Crippen LogP contribution in [0.25, 0.3) is 17.0 Å². The van der Waals surface area contributed by atoms with E-state index in [9.17, 15) is 9.59 Å². The average molecular weight is 441 g/mol. The fraction of sp³-hybridized carbons (Fsp3) is 0.192. The summed E-state index contributed by atoms with van der Waals surface area (Å²) in [6.07, 6.45) is 6.67. The highest BCUT2D eigenvalue weighted by Gasteiger charge is 2.30. The maximum Gasteiger partial charge on any atom is 0.256 e. The van der Waals surface area contributed by atoms with Gasteiger partial charge in [-0.1, -0.05) is 12.1 Å². The van der Waals surface area contributed by atoms with Crippen LogP contribution in [-0.2, 0) is 4.79 Å². The van der Waals surface area contributed by atoms with Crippen molar-refractivity contribution in [2.24, 2.45) is 5.92 Å². The molecule has 0 bridgehead atoms. The highest BCUT2D eigenvalue weighted by Crippen LogP contribution is 2.25. The maximum absolute atomic E-state index is 13.3. The van der Waals surface area contributed by atoms with E-state index >= 15 is 0 Å². The van der Waals surface area contributed by atoms with E-state index in [0.717, 1.165) is 35.5 Å². The zero-order valence-corrected chi connectivity index (χ0v) is 18.1. The molecule has 7 heteroatoms. The first-order valence-corrected chi connectivity index (χ1v) is 11.0. The van der Waals surface area contributed by atoms with E-state index in [1.165, 1.54) is 0 Å². The molecule has 0 saturated carbocycles. The van der Waals surface area contributed by atoms with E-state index in [2.05, 4.69) is 10.4 Å². The number of nitrogens with zero attached hydrogens (tertiary/aromatic N) is 3. The van der Waals surface area contributed by atoms with Crippen LogP contribution in [0.15, 0.2) is 89.8 Å². The van der Waals surface area contributed by atoms with Crippen LogP contribution in [0.1, 0.15) is 23.2 Å². The zero-order valence-electron chi connectivity index (χ0n) is 18.1. The quantitative estimate of drug-likeness (QED) is 0.491. The van der Waals surface area contributed by atoms with Gasteiger partial charge in [-0.25, -0.2) is 4.68 Å². The smallest absolute Gasteiger partial charge is 0.256 e. The number of amides is 2. The van der Waals surface area contributed by atoms with Gasteiger partial charge < -0.3 is 14.6 Å². The summed E-state index contributed by atoms with van der Waals surface area (Å²) in [5.41, 5.74) is 2.98. The van der Waals surface area contributed by atoms with Crippen LogP contribution in [0.3, 0.4) is 0 Å². The lowest BCUT2D eigenvalue weighted by molar-refractivity contribution is -0.121. The molecule has 2 aromatic heterocycles. The fourth-order valence-electron chi connectivity index (χ4n) is 4.22. The Morgan fingerprint density at radius 1 is 1.00 bits per heavy atom. The summed E-state index contributed by atoms with van der Waals surface area (Å²) in [7, 11) is 0. The molecule has 4 aromatic rings. The van der Waals surface area contributed by atoms with Gasteiger partial charge in [0, 0.05) is 36.7 Å². The highest BCUT2D eigenvalue weighted by atomic mass is 16.3. The van der Waals surface area contributed by atoms with Gasteiger partial charge in [0.1, 0.15) is 5.76 Å². The van der Waals surface area contributed by atoms with Gasteiger partial charge in [-0.2, -0.15) is 5.10 Å². The van der Waals surface area contributed by atoms with Gasteiger partial charge >= 0.3 is 0 Å². The van der Waals surface area contributed by atoms with Crippen LogP contribution >= 0.6 is 0 Å². The second-order valence-corrected chi connectivity index (χ2v) is 8.10. The Morgan fingerprint density at radius 2 is 1.85 bits per heavy atom. The minimum Gasteiger partial charge on any atom is -0.464 e. The summed E-state index contributed by atoms with van der Waals surface area (Å²) in [6.45, 7) is 1.02. The molecule has 5 rings (SSSR count). The van der Waals surface area contributed by atoms with Crippen molar-refractivity contribution in [3.8, 4) is 17.0 Å². The minimum atomic E-state index is -0.260. The molecule has 0 radical (unpaired) electrons. The molecule has 1 saturated heterocycles. The largest absolute Gasteiger partial charge is 0.464 e. The van der Waals surface area contributed by atoms with Crippen LogP contribution in [0.4, 0.5) is 5.69 Å². The van der Waals surface area contributed by atoms with E-state index in [0.29, 0.717) is 18.7 Å². The molecule has 3 heterocycles. The molecule has 1 fully saturated rings. The molecule has 0 spiro atoms. The van der Waals surface area contributed by atoms with Gasteiger partial charge in [0.2, 0.25) is 5.91 Å². The lowest BCUT2D eigenvalue weighted by atomic mass is 9.96. The van der Waals surface area contributed by atoms with Crippen LogP contribution in [-0.4, -0.2) is 39.6 Å². The first-order chi connectivity index (χ1) is 16.2. The summed E-state index contributed by atoms with van der Waals surface area (Å²) < 4.78 is 7.10. The summed E-state index contributed by atoms with van der Waals surface area (Å²) in [5.74, 6) is 0.369. The number of hydrogen-bond donors (Lipinski definition) is 1. The molecule has 1 atom stereocenters. The van der Waals surface area contributed by atoms with Gasteiger partial charge in [0.25, 0.3) is 5.91 Å². The fourth-order valence-corrected chi connectivity index (χ4v) is 4.22. The Labute approximate surface area is 191 Å². The Balaban J connectivity index is 1.26. The van der Waals surface area contributed by atoms with Gasteiger partial charge in [0.05, 0.1) is 23.4 Å². The lowest BCUT2D eigenvalue weighted by Gasteiger charge is -2.32. The van der Waals surface area contributed by atoms with Crippen LogP contribution in [0.2, 0.25) is 0 Å². The Bertz CT molecular complexity index is 1230. The highest BCUT2D eigenvalue weighted by molar-refractivity contribution is 5.99. The van der Waals surface area contributed by atoms with Crippen molar-refractivity contribution < 1.29 is 14.0 Å². The van der Waals surface area contributed by atoms with Gasteiger partial charge in [-0.3, -0.25) is 9.59 Å². The van der Waals surface area contributed by atoms with Crippen molar-refractivity contribution >= 4 is 17.5 Å². The zero-order chi connectivity index (χ0) is 22.6. The van der Waals surface area contributed by atoms with Crippen molar-refractivity contribution in [2.45, 2.75) is 12.8 Å². The topological polar surface area (TPSA) is 80.4 Å². The van der Waals surface area contributed by atoms with Crippen molar-refractivity contribution in [1.82, 2.24) is 14.7 Å². The van der Waals surface area contributed by atoms with Crippen molar-refractivity contribution in [1.29, 1.82) is 0 Å². The van der Waals surface area contributed by atoms with Crippen LogP contribution in [0, 0.1) is 5.92 Å². The van der Waals surface area contributed by atoms with E-state index in [1.807, 2.05) is 72.9 Å². The Morgan fingerprint density at radius 3 is 2.61 bits per heavy atom. The lowest BCUT2D eigenvalue weighted by Crippen LogP contribution is -2.44. The third kappa shape index (κ3) is 4.43. The van der Waals surface area contributed by atoms with E-state index in [1.54, 1.807) is 22.0 Å². The number of piperidine rings is 1. The first-order valence-electron chi connectivity index (χ1n) is 11.0. The molecule has 0 unspecified atom stereocenters. The predicted molar refractivity (Wildman–Crippen MR) is 125 cm³/mol. The average Bonchev–Trinajstić information content (AvgIpc) is 3.59. The van der Waals surface area contributed by atoms with Gasteiger partial charge in [0.15, 0.2) is 0 Å². The van der Waals surface area contributed by atoms with E-state index < -0.39 is 0 Å². The number of likely N-dealkylation sites (tertiary alicyclic amines) is 1. The number of benzene rings is 2. The molecule has 1 aliphatic heterocycles. The number of carbonyl (C=O) groups is 2. The molecule has 1 aliphatic rings. The molecular weight excluding hydrogens is 416 g/mol. The maximum atomic E-state index is 13.3. The number of rotatable bonds is 5. The molecule has 166 valence electrons. The number of anilines is 1. The summed E-state index contributed by atoms with van der Waals surface area (Å²) in [4.78, 5) is 28.1. The molecule has 1 N–H and O–H groups in total. The van der Waals surface area contributed by atoms with Crippen molar-refractivity contribution in [2.75, 3.05) is 18.4 Å². The van der Waals surface area contributed by atoms with E-state index in [-0.39, 0.29) is 17.7 Å². The van der Waals surface area contributed by atoms with Gasteiger partial charge in [-0.05, 0) is 67.4 Å². The molecule has 2 amide bonds. The molecule has 2 aromatic carbocycles. The number of para-hydroxylation sites is 1. The van der Waals surface area contributed by atoms with Crippen LogP contribution in [0.5, 0.6) is 0 Å². The molecular formula is C26H24N4O3. The summed E-state index contributed by atoms with van der Waals surface area (Å²) in [5, 5.41) is 7.26. The summed E-state index contributed by atoms with van der Waals surface area (Å²) in [6, 6.07) is 20.5. The van der Waals surface area contributed by atoms with Crippen molar-refractivity contribution in [3.05, 3.63) is 91.0 Å². The minimum absolute atomic E-state index is 0.0707. The first kappa shape index (κ1) is 20.8. The number of furan rings is 1. The predicted octanol–water partition coefficient (Wildman–Crippen LogP) is 4.62. The van der Waals surface area contributed by atoms with Gasteiger partial charge in [-0.15, -0.1) is 0 Å². The SMILES string of the molecule is O=C(Nc1ccc(-c2ccco2)cc1)[C@H]1CCCN(C(=O)c2ccccc2-n2cccn2)C1. The van der Waals surface area contributed by atoms with Crippen LogP contribution < -0.4 is 5.32 Å². The standard InChI is InChI=1S/C26H24N4O3/c31-25(28-21-12-10-19(11-13-21)24-9-4-17-33-24)20-6-3-15-29(18-20)26(32)22-7-1-2-8-23(22)30-16-5-14-27-30/h1-2,4-5,7-14,16-17,20H,3,6,15,18H2,(H,28,31)/t20-/m0/s1. The Hall–Kier alpha value is -4.13. The van der Waals surface area contributed by atoms with E-state index in [4.69, 9.17) is 4.42 Å². The second-order valence-electron chi connectivity index (χ2n) is 8.10. The molecule has 33 heavy (non-hydrogen) atoms. The molecule has 7 nitrogen and oxygen atoms in total. The number of hydrogen-bond acceptors (Lipinski definition) is 4. The number of nitrogens with one attached hydrogen (secondary N) is 1. The molecule has 0 aliphatic carbocycles. The number of aromatic nitrogens is 2. The van der Waals surface area contributed by atoms with Crippen molar-refractivity contribution in [3.63, 3.8) is 0 Å². The second kappa shape index (κ2) is 9.16. The summed E-state index contributed by atoms with van der Waals surface area (Å²) >= 11 is 0. The number of carbonyl (C=O) groups excluding carboxylic acids is 2. The normalized spacial score (nSPS) is 15.9.